The number of hydrogen-bond acceptors (Lipinski definition) is 2. The van der Waals surface area contributed by atoms with Crippen LogP contribution in [0.15, 0.2) is 12.2 Å². The number of nitrogens with one attached hydrogen (secondary N) is 2. The molecule has 0 aromatic heterocycles. The first-order valence-corrected chi connectivity index (χ1v) is 4.48. The van der Waals surface area contributed by atoms with Crippen LogP contribution in [0.2, 0.25) is 0 Å². The van der Waals surface area contributed by atoms with Crippen LogP contribution in [0.3, 0.4) is 0 Å². The highest BCUT2D eigenvalue weighted by atomic mass is 16.1. The zero-order valence-electron chi connectivity index (χ0n) is 7.47. The first-order valence-electron chi connectivity index (χ1n) is 4.48. The van der Waals surface area contributed by atoms with Gasteiger partial charge in [-0.1, -0.05) is 19.1 Å². The predicted molar refractivity (Wildman–Crippen MR) is 48.8 cm³/mol. The fourth-order valence-corrected chi connectivity index (χ4v) is 1.25. The molecule has 1 aliphatic carbocycles. The van der Waals surface area contributed by atoms with E-state index in [0.717, 1.165) is 19.4 Å². The first kappa shape index (κ1) is 9.26. The lowest BCUT2D eigenvalue weighted by Gasteiger charge is -2.11. The van der Waals surface area contributed by atoms with Gasteiger partial charge in [0, 0.05) is 6.04 Å². The predicted octanol–water partition coefficient (Wildman–Crippen LogP) is 0.431. The number of rotatable bonds is 4. The van der Waals surface area contributed by atoms with Crippen molar-refractivity contribution in [2.45, 2.75) is 25.8 Å². The van der Waals surface area contributed by atoms with Crippen LogP contribution in [0.1, 0.15) is 19.8 Å². The summed E-state index contributed by atoms with van der Waals surface area (Å²) in [5.41, 5.74) is 0. The molecule has 0 spiro atoms. The lowest BCUT2D eigenvalue weighted by atomic mass is 10.2. The van der Waals surface area contributed by atoms with E-state index in [4.69, 9.17) is 0 Å². The Labute approximate surface area is 73.2 Å². The molecule has 0 fully saturated rings. The monoisotopic (exact) mass is 168 g/mol. The number of amides is 1. The zero-order valence-corrected chi connectivity index (χ0v) is 7.47. The van der Waals surface area contributed by atoms with E-state index < -0.39 is 0 Å². The van der Waals surface area contributed by atoms with Crippen molar-refractivity contribution in [2.24, 2.45) is 0 Å². The quantitative estimate of drug-likeness (QED) is 0.598. The average Bonchev–Trinajstić information content (AvgIpc) is 2.53. The van der Waals surface area contributed by atoms with E-state index in [1.807, 2.05) is 6.92 Å². The van der Waals surface area contributed by atoms with Crippen molar-refractivity contribution in [3.8, 4) is 0 Å². The van der Waals surface area contributed by atoms with E-state index >= 15 is 0 Å². The standard InChI is InChI=1S/C9H16N2O/c1-2-10-7-9(12)11-8-5-3-4-6-8/h3-4,8,10H,2,5-7H2,1H3,(H,11,12). The molecule has 0 aromatic carbocycles. The summed E-state index contributed by atoms with van der Waals surface area (Å²) in [6, 6.07) is 0.344. The van der Waals surface area contributed by atoms with Gasteiger partial charge in [-0.05, 0) is 19.4 Å². The Morgan fingerprint density at radius 2 is 2.17 bits per heavy atom. The molecule has 3 heteroatoms. The maximum Gasteiger partial charge on any atom is 0.234 e. The average molecular weight is 168 g/mol. The van der Waals surface area contributed by atoms with Crippen LogP contribution < -0.4 is 10.6 Å². The molecule has 1 aliphatic rings. The second kappa shape index (κ2) is 4.93. The van der Waals surface area contributed by atoms with Gasteiger partial charge in [0.1, 0.15) is 0 Å². The molecule has 0 bridgehead atoms. The minimum Gasteiger partial charge on any atom is -0.352 e. The number of carbonyl (C=O) groups is 1. The Morgan fingerprint density at radius 3 is 2.75 bits per heavy atom. The van der Waals surface area contributed by atoms with Crippen LogP contribution >= 0.6 is 0 Å². The molecule has 1 rings (SSSR count). The third-order valence-corrected chi connectivity index (χ3v) is 1.91. The molecule has 0 heterocycles. The molecule has 0 saturated carbocycles. The largest absolute Gasteiger partial charge is 0.352 e. The molecule has 1 amide bonds. The highest BCUT2D eigenvalue weighted by Gasteiger charge is 2.11. The van der Waals surface area contributed by atoms with E-state index in [1.165, 1.54) is 0 Å². The summed E-state index contributed by atoms with van der Waals surface area (Å²) in [4.78, 5) is 11.2. The van der Waals surface area contributed by atoms with E-state index in [9.17, 15) is 4.79 Å². The van der Waals surface area contributed by atoms with Crippen LogP contribution in [0.25, 0.3) is 0 Å². The molecule has 0 saturated heterocycles. The van der Waals surface area contributed by atoms with Gasteiger partial charge in [0.15, 0.2) is 0 Å². The molecule has 3 nitrogen and oxygen atoms in total. The Kier molecular flexibility index (Phi) is 3.80. The second-order valence-corrected chi connectivity index (χ2v) is 2.99. The maximum atomic E-state index is 11.2. The van der Waals surface area contributed by atoms with Crippen molar-refractivity contribution >= 4 is 5.91 Å². The van der Waals surface area contributed by atoms with Crippen LogP contribution in [0, 0.1) is 0 Å². The van der Waals surface area contributed by atoms with E-state index in [1.54, 1.807) is 0 Å². The van der Waals surface area contributed by atoms with Crippen LogP contribution in [-0.4, -0.2) is 25.0 Å². The van der Waals surface area contributed by atoms with Gasteiger partial charge in [-0.25, -0.2) is 0 Å². The number of likely N-dealkylation sites (N-methyl/N-ethyl adjacent to an activating group) is 1. The van der Waals surface area contributed by atoms with E-state index in [2.05, 4.69) is 22.8 Å². The summed E-state index contributed by atoms with van der Waals surface area (Å²) in [6.07, 6.45) is 6.19. The fourth-order valence-electron chi connectivity index (χ4n) is 1.25. The van der Waals surface area contributed by atoms with Gasteiger partial charge in [-0.15, -0.1) is 0 Å². The third-order valence-electron chi connectivity index (χ3n) is 1.91. The molecule has 0 aliphatic heterocycles. The summed E-state index contributed by atoms with van der Waals surface area (Å²) in [5, 5.41) is 5.94. The highest BCUT2D eigenvalue weighted by Crippen LogP contribution is 2.08. The molecule has 0 aromatic rings. The van der Waals surface area contributed by atoms with Crippen molar-refractivity contribution in [3.63, 3.8) is 0 Å². The number of hydrogen-bond donors (Lipinski definition) is 2. The van der Waals surface area contributed by atoms with Gasteiger partial charge in [0.25, 0.3) is 0 Å². The molecule has 0 radical (unpaired) electrons. The summed E-state index contributed by atoms with van der Waals surface area (Å²) in [7, 11) is 0. The minimum atomic E-state index is 0.102. The Morgan fingerprint density at radius 1 is 1.50 bits per heavy atom. The minimum absolute atomic E-state index is 0.102. The first-order chi connectivity index (χ1) is 5.83. The SMILES string of the molecule is CCNCC(=O)NC1CC=CC1. The van der Waals surface area contributed by atoms with Crippen molar-refractivity contribution in [1.82, 2.24) is 10.6 Å². The summed E-state index contributed by atoms with van der Waals surface area (Å²) in [6.45, 7) is 3.27. The molecule has 12 heavy (non-hydrogen) atoms. The Bertz CT molecular complexity index is 169. The lowest BCUT2D eigenvalue weighted by molar-refractivity contribution is -0.120. The van der Waals surface area contributed by atoms with E-state index in [-0.39, 0.29) is 5.91 Å². The van der Waals surface area contributed by atoms with Crippen molar-refractivity contribution in [3.05, 3.63) is 12.2 Å². The smallest absolute Gasteiger partial charge is 0.234 e. The fraction of sp³-hybridized carbons (Fsp3) is 0.667. The molecular formula is C9H16N2O. The van der Waals surface area contributed by atoms with Gasteiger partial charge < -0.3 is 10.6 Å². The summed E-state index contributed by atoms with van der Waals surface area (Å²) < 4.78 is 0. The Balaban J connectivity index is 2.09. The Hall–Kier alpha value is -0.830. The topological polar surface area (TPSA) is 41.1 Å². The van der Waals surface area contributed by atoms with Crippen molar-refractivity contribution < 1.29 is 4.79 Å². The molecule has 0 unspecified atom stereocenters. The van der Waals surface area contributed by atoms with Crippen molar-refractivity contribution in [1.29, 1.82) is 0 Å². The van der Waals surface area contributed by atoms with Crippen LogP contribution in [0.4, 0.5) is 0 Å². The molecular weight excluding hydrogens is 152 g/mol. The lowest BCUT2D eigenvalue weighted by Crippen LogP contribution is -2.39. The number of carbonyl (C=O) groups excluding carboxylic acids is 1. The highest BCUT2D eigenvalue weighted by molar-refractivity contribution is 5.78. The maximum absolute atomic E-state index is 11.2. The van der Waals surface area contributed by atoms with Crippen LogP contribution in [0.5, 0.6) is 0 Å². The van der Waals surface area contributed by atoms with Gasteiger partial charge in [-0.3, -0.25) is 4.79 Å². The van der Waals surface area contributed by atoms with Gasteiger partial charge in [-0.2, -0.15) is 0 Å². The van der Waals surface area contributed by atoms with E-state index in [0.29, 0.717) is 12.6 Å². The summed E-state index contributed by atoms with van der Waals surface area (Å²) in [5.74, 6) is 0.102. The van der Waals surface area contributed by atoms with Crippen molar-refractivity contribution in [2.75, 3.05) is 13.1 Å². The van der Waals surface area contributed by atoms with Crippen LogP contribution in [-0.2, 0) is 4.79 Å². The summed E-state index contributed by atoms with van der Waals surface area (Å²) >= 11 is 0. The molecule has 0 atom stereocenters. The van der Waals surface area contributed by atoms with Gasteiger partial charge >= 0.3 is 0 Å². The van der Waals surface area contributed by atoms with Gasteiger partial charge in [0.2, 0.25) is 5.91 Å². The molecule has 2 N–H and O–H groups in total. The second-order valence-electron chi connectivity index (χ2n) is 2.99. The normalized spacial score (nSPS) is 16.8. The molecule has 68 valence electrons. The zero-order chi connectivity index (χ0) is 8.81. The van der Waals surface area contributed by atoms with Gasteiger partial charge in [0.05, 0.1) is 6.54 Å². The third kappa shape index (κ3) is 3.05.